The molecule has 0 spiro atoms. The Labute approximate surface area is 143 Å². The number of nitrogens with one attached hydrogen (secondary N) is 1. The molecule has 2 aromatic rings. The number of nitrogens with zero attached hydrogens (tertiary/aromatic N) is 1. The van der Waals surface area contributed by atoms with Crippen molar-refractivity contribution in [2.24, 2.45) is 0 Å². The summed E-state index contributed by atoms with van der Waals surface area (Å²) in [6, 6.07) is 10.5. The second-order valence-electron chi connectivity index (χ2n) is 4.78. The van der Waals surface area contributed by atoms with E-state index in [4.69, 9.17) is 11.6 Å². The fourth-order valence-corrected chi connectivity index (χ4v) is 3.18. The molecule has 0 saturated heterocycles. The van der Waals surface area contributed by atoms with Crippen molar-refractivity contribution in [3.63, 3.8) is 0 Å². The summed E-state index contributed by atoms with van der Waals surface area (Å²) < 4.78 is 0.976. The zero-order valence-corrected chi connectivity index (χ0v) is 15.2. The van der Waals surface area contributed by atoms with Crippen molar-refractivity contribution in [2.75, 3.05) is 6.54 Å². The van der Waals surface area contributed by atoms with Crippen LogP contribution in [0.25, 0.3) is 0 Å². The van der Waals surface area contributed by atoms with E-state index < -0.39 is 0 Å². The Bertz CT molecular complexity index is 589. The quantitative estimate of drug-likeness (QED) is 0.689. The highest BCUT2D eigenvalue weighted by atomic mass is 79.9. The fourth-order valence-electron chi connectivity index (χ4n) is 1.88. The molecule has 1 aromatic heterocycles. The SMILES string of the molecule is CCCNC(C)c1ccc(Sc2ccc(Br)cn2)c(Cl)c1. The van der Waals surface area contributed by atoms with Crippen LogP contribution < -0.4 is 5.32 Å². The molecule has 2 rings (SSSR count). The van der Waals surface area contributed by atoms with Gasteiger partial charge in [0.2, 0.25) is 0 Å². The van der Waals surface area contributed by atoms with Gasteiger partial charge in [-0.25, -0.2) is 4.98 Å². The third kappa shape index (κ3) is 4.99. The average molecular weight is 386 g/mol. The summed E-state index contributed by atoms with van der Waals surface area (Å²) in [5, 5.41) is 5.17. The number of pyridine rings is 1. The molecular formula is C16H18BrClN2S. The standard InChI is InChI=1S/C16H18BrClN2S/c1-3-8-19-11(2)12-4-6-15(14(18)9-12)21-16-7-5-13(17)10-20-16/h4-7,9-11,19H,3,8H2,1-2H3. The molecule has 0 fully saturated rings. The number of hydrogen-bond donors (Lipinski definition) is 1. The van der Waals surface area contributed by atoms with E-state index in [1.807, 2.05) is 18.2 Å². The van der Waals surface area contributed by atoms with Crippen molar-refractivity contribution in [3.05, 3.63) is 51.6 Å². The van der Waals surface area contributed by atoms with Crippen LogP contribution in [0.1, 0.15) is 31.9 Å². The van der Waals surface area contributed by atoms with Crippen LogP contribution in [-0.2, 0) is 0 Å². The van der Waals surface area contributed by atoms with Gasteiger partial charge in [-0.2, -0.15) is 0 Å². The van der Waals surface area contributed by atoms with E-state index in [9.17, 15) is 0 Å². The van der Waals surface area contributed by atoms with E-state index in [0.717, 1.165) is 32.4 Å². The zero-order chi connectivity index (χ0) is 15.2. The molecule has 1 heterocycles. The van der Waals surface area contributed by atoms with Gasteiger partial charge in [0.05, 0.1) is 5.02 Å². The average Bonchev–Trinajstić information content (AvgIpc) is 2.49. The Morgan fingerprint density at radius 2 is 2.14 bits per heavy atom. The minimum absolute atomic E-state index is 0.312. The Morgan fingerprint density at radius 3 is 2.76 bits per heavy atom. The van der Waals surface area contributed by atoms with Crippen LogP contribution in [0, 0.1) is 0 Å². The van der Waals surface area contributed by atoms with Crippen LogP contribution in [0.3, 0.4) is 0 Å². The van der Waals surface area contributed by atoms with Gasteiger partial charge in [0.25, 0.3) is 0 Å². The van der Waals surface area contributed by atoms with E-state index in [0.29, 0.717) is 6.04 Å². The highest BCUT2D eigenvalue weighted by Crippen LogP contribution is 2.34. The van der Waals surface area contributed by atoms with Gasteiger partial charge in [0.1, 0.15) is 5.03 Å². The zero-order valence-electron chi connectivity index (χ0n) is 12.1. The summed E-state index contributed by atoms with van der Waals surface area (Å²) in [6.45, 7) is 5.33. The minimum Gasteiger partial charge on any atom is -0.310 e. The van der Waals surface area contributed by atoms with Gasteiger partial charge < -0.3 is 5.32 Å². The summed E-state index contributed by atoms with van der Waals surface area (Å²) in [6.07, 6.45) is 2.92. The van der Waals surface area contributed by atoms with Crippen LogP contribution in [-0.4, -0.2) is 11.5 Å². The van der Waals surface area contributed by atoms with Gasteiger partial charge in [-0.3, -0.25) is 0 Å². The molecule has 0 amide bonds. The lowest BCUT2D eigenvalue weighted by Gasteiger charge is -2.15. The maximum absolute atomic E-state index is 6.40. The molecule has 0 aliphatic carbocycles. The van der Waals surface area contributed by atoms with Gasteiger partial charge in [-0.05, 0) is 65.6 Å². The largest absolute Gasteiger partial charge is 0.310 e. The Hall–Kier alpha value is -0.550. The molecule has 1 aromatic carbocycles. The maximum atomic E-state index is 6.40. The van der Waals surface area contributed by atoms with Crippen molar-refractivity contribution in [1.82, 2.24) is 10.3 Å². The number of benzene rings is 1. The first-order valence-electron chi connectivity index (χ1n) is 6.92. The Morgan fingerprint density at radius 1 is 1.33 bits per heavy atom. The molecule has 0 bridgehead atoms. The Kier molecular flexibility index (Phi) is 6.55. The van der Waals surface area contributed by atoms with E-state index in [1.54, 1.807) is 18.0 Å². The Balaban J connectivity index is 2.10. The monoisotopic (exact) mass is 384 g/mol. The van der Waals surface area contributed by atoms with Gasteiger partial charge in [0.15, 0.2) is 0 Å². The molecule has 0 saturated carbocycles. The molecule has 21 heavy (non-hydrogen) atoms. The van der Waals surface area contributed by atoms with Crippen LogP contribution >= 0.6 is 39.3 Å². The molecule has 5 heteroatoms. The van der Waals surface area contributed by atoms with E-state index >= 15 is 0 Å². The molecule has 0 aliphatic rings. The summed E-state index contributed by atoms with van der Waals surface area (Å²) in [4.78, 5) is 5.38. The lowest BCUT2D eigenvalue weighted by molar-refractivity contribution is 0.570. The van der Waals surface area contributed by atoms with Crippen LogP contribution in [0.15, 0.2) is 50.9 Å². The summed E-state index contributed by atoms with van der Waals surface area (Å²) in [5.74, 6) is 0. The normalized spacial score (nSPS) is 12.4. The van der Waals surface area contributed by atoms with Crippen molar-refractivity contribution in [1.29, 1.82) is 0 Å². The molecule has 0 radical (unpaired) electrons. The highest BCUT2D eigenvalue weighted by Gasteiger charge is 2.09. The topological polar surface area (TPSA) is 24.9 Å². The molecule has 0 aliphatic heterocycles. The molecule has 112 valence electrons. The van der Waals surface area contributed by atoms with Crippen molar-refractivity contribution in [2.45, 2.75) is 36.2 Å². The first-order valence-corrected chi connectivity index (χ1v) is 8.91. The molecular weight excluding hydrogens is 368 g/mol. The minimum atomic E-state index is 0.312. The lowest BCUT2D eigenvalue weighted by Crippen LogP contribution is -2.19. The number of halogens is 2. The number of rotatable bonds is 6. The van der Waals surface area contributed by atoms with Gasteiger partial charge >= 0.3 is 0 Å². The van der Waals surface area contributed by atoms with E-state index in [-0.39, 0.29) is 0 Å². The predicted molar refractivity (Wildman–Crippen MR) is 94.2 cm³/mol. The highest BCUT2D eigenvalue weighted by molar-refractivity contribution is 9.10. The summed E-state index contributed by atoms with van der Waals surface area (Å²) >= 11 is 11.4. The summed E-state index contributed by atoms with van der Waals surface area (Å²) in [7, 11) is 0. The summed E-state index contributed by atoms with van der Waals surface area (Å²) in [5.41, 5.74) is 1.21. The van der Waals surface area contributed by atoms with Gasteiger partial charge in [-0.1, -0.05) is 36.4 Å². The lowest BCUT2D eigenvalue weighted by atomic mass is 10.1. The van der Waals surface area contributed by atoms with E-state index in [1.165, 1.54) is 5.56 Å². The number of aromatic nitrogens is 1. The van der Waals surface area contributed by atoms with Crippen molar-refractivity contribution >= 4 is 39.3 Å². The molecule has 2 nitrogen and oxygen atoms in total. The molecule has 1 N–H and O–H groups in total. The third-order valence-electron chi connectivity index (χ3n) is 3.07. The van der Waals surface area contributed by atoms with Crippen molar-refractivity contribution < 1.29 is 0 Å². The second kappa shape index (κ2) is 8.18. The van der Waals surface area contributed by atoms with Crippen LogP contribution in [0.5, 0.6) is 0 Å². The third-order valence-corrected chi connectivity index (χ3v) is 4.99. The van der Waals surface area contributed by atoms with Crippen LogP contribution in [0.2, 0.25) is 5.02 Å². The fraction of sp³-hybridized carbons (Fsp3) is 0.312. The maximum Gasteiger partial charge on any atom is 0.101 e. The smallest absolute Gasteiger partial charge is 0.101 e. The number of hydrogen-bond acceptors (Lipinski definition) is 3. The molecule has 1 atom stereocenters. The predicted octanol–water partition coefficient (Wildman–Crippen LogP) is 5.71. The van der Waals surface area contributed by atoms with Crippen LogP contribution in [0.4, 0.5) is 0 Å². The van der Waals surface area contributed by atoms with E-state index in [2.05, 4.69) is 52.2 Å². The second-order valence-corrected chi connectivity index (χ2v) is 7.17. The first-order chi connectivity index (χ1) is 10.1. The first kappa shape index (κ1) is 16.8. The van der Waals surface area contributed by atoms with Crippen molar-refractivity contribution in [3.8, 4) is 0 Å². The van der Waals surface area contributed by atoms with Gasteiger partial charge in [-0.15, -0.1) is 0 Å². The van der Waals surface area contributed by atoms with Gasteiger partial charge in [0, 0.05) is 21.6 Å². The molecule has 1 unspecified atom stereocenters.